The van der Waals surface area contributed by atoms with Gasteiger partial charge in [0.15, 0.2) is 11.5 Å². The molecule has 162 valence electrons. The molecule has 0 radical (unpaired) electrons. The highest BCUT2D eigenvalue weighted by Crippen LogP contribution is 2.41. The van der Waals surface area contributed by atoms with Crippen LogP contribution in [0.4, 0.5) is 0 Å². The van der Waals surface area contributed by atoms with E-state index in [1.807, 2.05) is 30.7 Å². The highest BCUT2D eigenvalue weighted by atomic mass is 16.5. The van der Waals surface area contributed by atoms with E-state index in [0.29, 0.717) is 6.67 Å². The molecule has 1 unspecified atom stereocenters. The molecule has 32 heavy (non-hydrogen) atoms. The third kappa shape index (κ3) is 3.74. The van der Waals surface area contributed by atoms with Crippen LogP contribution in [-0.4, -0.2) is 40.4 Å². The number of hydrogen-bond acceptors (Lipinski definition) is 5. The van der Waals surface area contributed by atoms with Crippen molar-refractivity contribution in [2.45, 2.75) is 19.1 Å². The van der Waals surface area contributed by atoms with Crippen LogP contribution in [0.25, 0.3) is 11.3 Å². The Kier molecular flexibility index (Phi) is 5.60. The van der Waals surface area contributed by atoms with E-state index in [0.717, 1.165) is 35.7 Å². The number of ether oxygens (including phenoxy) is 2. The van der Waals surface area contributed by atoms with Crippen LogP contribution in [0.15, 0.2) is 79.3 Å². The number of hydrogen-bond donors (Lipinski definition) is 0. The van der Waals surface area contributed by atoms with Crippen LogP contribution < -0.4 is 9.47 Å². The van der Waals surface area contributed by atoms with E-state index in [2.05, 4.69) is 68.2 Å². The minimum Gasteiger partial charge on any atom is -0.493 e. The average molecular weight is 427 g/mol. The Balaban J connectivity index is 1.56. The van der Waals surface area contributed by atoms with E-state index in [1.165, 1.54) is 16.7 Å². The van der Waals surface area contributed by atoms with Gasteiger partial charge < -0.3 is 9.47 Å². The Morgan fingerprint density at radius 1 is 0.906 bits per heavy atom. The zero-order chi connectivity index (χ0) is 21.9. The third-order valence-corrected chi connectivity index (χ3v) is 6.10. The van der Waals surface area contributed by atoms with Crippen LogP contribution in [-0.2, 0) is 13.1 Å². The van der Waals surface area contributed by atoms with E-state index in [-0.39, 0.29) is 6.04 Å². The fraction of sp³-hybridized carbons (Fsp3) is 0.231. The summed E-state index contributed by atoms with van der Waals surface area (Å²) in [4.78, 5) is 6.62. The summed E-state index contributed by atoms with van der Waals surface area (Å²) in [6, 6.07) is 21.1. The van der Waals surface area contributed by atoms with Gasteiger partial charge in [-0.25, -0.2) is 0 Å². The molecule has 3 heterocycles. The number of benzene rings is 2. The first kappa shape index (κ1) is 20.3. The summed E-state index contributed by atoms with van der Waals surface area (Å²) in [5, 5.41) is 4.64. The van der Waals surface area contributed by atoms with Gasteiger partial charge in [-0.2, -0.15) is 5.10 Å². The fourth-order valence-corrected chi connectivity index (χ4v) is 4.56. The first-order valence-electron chi connectivity index (χ1n) is 10.7. The fourth-order valence-electron chi connectivity index (χ4n) is 4.56. The smallest absolute Gasteiger partial charge is 0.161 e. The first-order valence-corrected chi connectivity index (χ1v) is 10.7. The molecule has 0 bridgehead atoms. The molecule has 1 aliphatic heterocycles. The maximum absolute atomic E-state index is 5.64. The van der Waals surface area contributed by atoms with Gasteiger partial charge in [-0.05, 0) is 53.4 Å². The molecule has 6 nitrogen and oxygen atoms in total. The predicted molar refractivity (Wildman–Crippen MR) is 124 cm³/mol. The van der Waals surface area contributed by atoms with Gasteiger partial charge in [-0.15, -0.1) is 0 Å². The Labute approximate surface area is 188 Å². The summed E-state index contributed by atoms with van der Waals surface area (Å²) in [5.41, 5.74) is 5.98. The number of fused-ring (bicyclic) bond motifs is 1. The highest BCUT2D eigenvalue weighted by molar-refractivity contribution is 5.58. The average Bonchev–Trinajstić information content (AvgIpc) is 3.32. The van der Waals surface area contributed by atoms with Gasteiger partial charge in [0.05, 0.1) is 32.6 Å². The summed E-state index contributed by atoms with van der Waals surface area (Å²) < 4.78 is 13.3. The van der Waals surface area contributed by atoms with Crippen molar-refractivity contribution in [1.29, 1.82) is 0 Å². The minimum atomic E-state index is 0.0919. The Morgan fingerprint density at radius 3 is 2.41 bits per heavy atom. The quantitative estimate of drug-likeness (QED) is 0.452. The van der Waals surface area contributed by atoms with Gasteiger partial charge in [-0.1, -0.05) is 30.3 Å². The molecular formula is C26H26N4O2. The molecule has 0 spiro atoms. The molecule has 2 aromatic carbocycles. The second-order valence-corrected chi connectivity index (χ2v) is 7.87. The number of rotatable bonds is 6. The van der Waals surface area contributed by atoms with Crippen LogP contribution in [0.5, 0.6) is 11.5 Å². The summed E-state index contributed by atoms with van der Waals surface area (Å²) >= 11 is 0. The standard InChI is InChI=1S/C26H26N4O2/c1-31-24-16-21-11-15-29(18-30-23(10-14-28-30)19-8-12-27-13-9-19)26(20-6-4-3-5-7-20)22(21)17-25(24)32-2/h3-10,12-14,16-17,26H,11,15,18H2,1-2H3. The van der Waals surface area contributed by atoms with Gasteiger partial charge in [-0.3, -0.25) is 14.6 Å². The normalized spacial score (nSPS) is 15.9. The van der Waals surface area contributed by atoms with Crippen LogP contribution in [0.3, 0.4) is 0 Å². The van der Waals surface area contributed by atoms with Crippen molar-refractivity contribution < 1.29 is 9.47 Å². The summed E-state index contributed by atoms with van der Waals surface area (Å²) in [5.74, 6) is 1.53. The lowest BCUT2D eigenvalue weighted by atomic mass is 9.88. The number of methoxy groups -OCH3 is 2. The zero-order valence-electron chi connectivity index (χ0n) is 18.3. The topological polar surface area (TPSA) is 52.4 Å². The number of nitrogens with zero attached hydrogens (tertiary/aromatic N) is 4. The van der Waals surface area contributed by atoms with Crippen LogP contribution in [0.1, 0.15) is 22.7 Å². The molecule has 1 atom stereocenters. The summed E-state index contributed by atoms with van der Waals surface area (Å²) in [7, 11) is 3.37. The Bertz CT molecular complexity index is 1190. The van der Waals surface area contributed by atoms with Crippen molar-refractivity contribution in [3.63, 3.8) is 0 Å². The summed E-state index contributed by atoms with van der Waals surface area (Å²) in [6.45, 7) is 1.59. The number of pyridine rings is 1. The molecule has 6 heteroatoms. The lowest BCUT2D eigenvalue weighted by Crippen LogP contribution is -2.38. The van der Waals surface area contributed by atoms with Crippen molar-refractivity contribution in [3.05, 3.63) is 95.9 Å². The van der Waals surface area contributed by atoms with Crippen molar-refractivity contribution in [3.8, 4) is 22.8 Å². The molecule has 0 saturated carbocycles. The molecule has 0 amide bonds. The van der Waals surface area contributed by atoms with Gasteiger partial charge in [0.1, 0.15) is 0 Å². The maximum Gasteiger partial charge on any atom is 0.161 e. The summed E-state index contributed by atoms with van der Waals surface area (Å²) in [6.07, 6.45) is 6.43. The zero-order valence-corrected chi connectivity index (χ0v) is 18.3. The SMILES string of the molecule is COc1cc2c(cc1OC)C(c1ccccc1)N(Cn1nccc1-c1ccncc1)CC2. The van der Waals surface area contributed by atoms with E-state index in [9.17, 15) is 0 Å². The van der Waals surface area contributed by atoms with E-state index in [1.54, 1.807) is 14.2 Å². The lowest BCUT2D eigenvalue weighted by Gasteiger charge is -2.38. The van der Waals surface area contributed by atoms with Crippen LogP contribution >= 0.6 is 0 Å². The molecule has 0 aliphatic carbocycles. The van der Waals surface area contributed by atoms with Crippen molar-refractivity contribution >= 4 is 0 Å². The number of aromatic nitrogens is 3. The van der Waals surface area contributed by atoms with Crippen molar-refractivity contribution in [1.82, 2.24) is 19.7 Å². The lowest BCUT2D eigenvalue weighted by molar-refractivity contribution is 0.157. The second kappa shape index (κ2) is 8.85. The molecular weight excluding hydrogens is 400 g/mol. The van der Waals surface area contributed by atoms with Gasteiger partial charge in [0, 0.05) is 30.7 Å². The molecule has 1 aliphatic rings. The second-order valence-electron chi connectivity index (χ2n) is 7.87. The van der Waals surface area contributed by atoms with Gasteiger partial charge >= 0.3 is 0 Å². The van der Waals surface area contributed by atoms with Gasteiger partial charge in [0.2, 0.25) is 0 Å². The molecule has 0 saturated heterocycles. The Hall–Kier alpha value is -3.64. The molecule has 0 fully saturated rings. The largest absolute Gasteiger partial charge is 0.493 e. The Morgan fingerprint density at radius 2 is 1.66 bits per heavy atom. The molecule has 5 rings (SSSR count). The van der Waals surface area contributed by atoms with Crippen LogP contribution in [0, 0.1) is 0 Å². The van der Waals surface area contributed by atoms with E-state index in [4.69, 9.17) is 9.47 Å². The van der Waals surface area contributed by atoms with Gasteiger partial charge in [0.25, 0.3) is 0 Å². The van der Waals surface area contributed by atoms with Crippen molar-refractivity contribution in [2.75, 3.05) is 20.8 Å². The van der Waals surface area contributed by atoms with Crippen molar-refractivity contribution in [2.24, 2.45) is 0 Å². The molecule has 4 aromatic rings. The maximum atomic E-state index is 5.64. The highest BCUT2D eigenvalue weighted by Gasteiger charge is 2.31. The van der Waals surface area contributed by atoms with Crippen LogP contribution in [0.2, 0.25) is 0 Å². The third-order valence-electron chi connectivity index (χ3n) is 6.10. The predicted octanol–water partition coefficient (Wildman–Crippen LogP) is 4.57. The monoisotopic (exact) mass is 426 g/mol. The van der Waals surface area contributed by atoms with E-state index < -0.39 is 0 Å². The molecule has 0 N–H and O–H groups in total. The van der Waals surface area contributed by atoms with E-state index >= 15 is 0 Å². The molecule has 2 aromatic heterocycles. The minimum absolute atomic E-state index is 0.0919. The first-order chi connectivity index (χ1) is 15.8.